The normalized spacial score (nSPS) is 45.7. The van der Waals surface area contributed by atoms with Crippen molar-refractivity contribution in [3.8, 4) is 0 Å². The molecule has 0 N–H and O–H groups in total. The molecule has 5 rings (SSSR count). The summed E-state index contributed by atoms with van der Waals surface area (Å²) in [7, 11) is 0. The Morgan fingerprint density at radius 3 is 0.708 bits per heavy atom. The van der Waals surface area contributed by atoms with Crippen LogP contribution in [0.3, 0.4) is 0 Å². The molecule has 0 aromatic rings. The van der Waals surface area contributed by atoms with Crippen molar-refractivity contribution in [3.05, 3.63) is 48.6 Å². The quantitative estimate of drug-likeness (QED) is 0.211. The fourth-order valence-electron chi connectivity index (χ4n) is 6.32. The number of carbonyl (C=O) groups is 4. The molecule has 12 nitrogen and oxygen atoms in total. The Balaban J connectivity index is 1.39. The molecule has 0 aliphatic carbocycles. The number of esters is 4. The lowest BCUT2D eigenvalue weighted by atomic mass is 9.97. The maximum atomic E-state index is 13.4. The molecular formula is C36H48O12. The van der Waals surface area contributed by atoms with E-state index < -0.39 is 97.1 Å². The van der Waals surface area contributed by atoms with Gasteiger partial charge in [0.25, 0.3) is 0 Å². The highest BCUT2D eigenvalue weighted by Crippen LogP contribution is 2.30. The van der Waals surface area contributed by atoms with Crippen LogP contribution in [0.2, 0.25) is 0 Å². The second kappa shape index (κ2) is 15.1. The second-order valence-electron chi connectivity index (χ2n) is 13.6. The first kappa shape index (κ1) is 36.0. The van der Waals surface area contributed by atoms with Gasteiger partial charge < -0.3 is 37.9 Å². The maximum absolute atomic E-state index is 13.4. The van der Waals surface area contributed by atoms with E-state index in [1.165, 1.54) is 0 Å². The number of fused-ring (bicyclic) bond motifs is 8. The summed E-state index contributed by atoms with van der Waals surface area (Å²) in [5, 5.41) is 0. The van der Waals surface area contributed by atoms with E-state index in [0.717, 1.165) is 0 Å². The van der Waals surface area contributed by atoms with Gasteiger partial charge in [0.15, 0.2) is 24.4 Å². The fraction of sp³-hybridized carbons (Fsp3) is 0.667. The van der Waals surface area contributed by atoms with Crippen LogP contribution in [-0.4, -0.2) is 97.1 Å². The summed E-state index contributed by atoms with van der Waals surface area (Å²) in [4.78, 5) is 53.5. The number of cyclic esters (lactones) is 4. The lowest BCUT2D eigenvalue weighted by molar-refractivity contribution is -0.195. The minimum absolute atomic E-state index is 0.315. The Morgan fingerprint density at radius 2 is 0.521 bits per heavy atom. The zero-order chi connectivity index (χ0) is 34.9. The number of hydrogen-bond donors (Lipinski definition) is 0. The van der Waals surface area contributed by atoms with Crippen LogP contribution in [-0.2, 0) is 57.1 Å². The molecule has 0 radical (unpaired) electrons. The van der Waals surface area contributed by atoms with Crippen LogP contribution in [0.25, 0.3) is 0 Å². The highest BCUT2D eigenvalue weighted by molar-refractivity contribution is 5.78. The van der Waals surface area contributed by atoms with Gasteiger partial charge in [-0.25, -0.2) is 19.2 Å². The molecule has 1 fully saturated rings. The van der Waals surface area contributed by atoms with Gasteiger partial charge >= 0.3 is 23.9 Å². The van der Waals surface area contributed by atoms with Crippen LogP contribution in [0, 0.1) is 23.7 Å². The molecule has 0 aromatic carbocycles. The zero-order valence-corrected chi connectivity index (χ0v) is 28.8. The van der Waals surface area contributed by atoms with Crippen LogP contribution in [0.5, 0.6) is 0 Å². The summed E-state index contributed by atoms with van der Waals surface area (Å²) in [5.74, 6) is -3.68. The standard InChI is InChI=1S/C36H48O12/c1-17-9-13-25-21(5)42-34(38)30-19(3)11-15-27(47-30)23(7)44-36(40)32-20(4)12-16-28(48-32)24(8)43-35(39)31-18(2)10-14-26(46-31)22(6)41-33(37)29(17)45-25/h9-32H,1-8H3/t17-,18-,19-,20-,21-,22-,23-,24-,25-,26-,27-,28-,29+,30+,31+,32+/m0/s1. The number of ether oxygens (including phenoxy) is 8. The van der Waals surface area contributed by atoms with Crippen LogP contribution >= 0.6 is 0 Å². The van der Waals surface area contributed by atoms with Gasteiger partial charge in [-0.1, -0.05) is 76.3 Å². The van der Waals surface area contributed by atoms with Crippen LogP contribution in [0.15, 0.2) is 48.6 Å². The summed E-state index contributed by atoms with van der Waals surface area (Å²) in [6, 6.07) is 0. The van der Waals surface area contributed by atoms with E-state index in [2.05, 4.69) is 0 Å². The lowest BCUT2D eigenvalue weighted by Crippen LogP contribution is -2.49. The third kappa shape index (κ3) is 7.93. The summed E-state index contributed by atoms with van der Waals surface area (Å²) >= 11 is 0. The van der Waals surface area contributed by atoms with Crippen molar-refractivity contribution in [2.75, 3.05) is 0 Å². The molecule has 5 heterocycles. The van der Waals surface area contributed by atoms with Crippen LogP contribution in [0.4, 0.5) is 0 Å². The molecule has 0 aromatic heterocycles. The monoisotopic (exact) mass is 672 g/mol. The van der Waals surface area contributed by atoms with Gasteiger partial charge in [-0.2, -0.15) is 0 Å². The molecule has 264 valence electrons. The van der Waals surface area contributed by atoms with E-state index >= 15 is 0 Å². The predicted octanol–water partition coefficient (Wildman–Crippen LogP) is 3.57. The van der Waals surface area contributed by atoms with Crippen molar-refractivity contribution < 1.29 is 57.1 Å². The molecule has 5 aliphatic rings. The van der Waals surface area contributed by atoms with Gasteiger partial charge in [-0.3, -0.25) is 0 Å². The average molecular weight is 673 g/mol. The van der Waals surface area contributed by atoms with Gasteiger partial charge in [0.1, 0.15) is 48.8 Å². The Labute approximate surface area is 281 Å². The van der Waals surface area contributed by atoms with E-state index in [1.807, 2.05) is 52.0 Å². The summed E-state index contributed by atoms with van der Waals surface area (Å²) in [6.07, 6.45) is 4.53. The first-order valence-corrected chi connectivity index (χ1v) is 16.9. The number of carbonyl (C=O) groups excluding carboxylic acids is 4. The smallest absolute Gasteiger partial charge is 0.336 e. The van der Waals surface area contributed by atoms with Crippen molar-refractivity contribution in [1.82, 2.24) is 0 Å². The van der Waals surface area contributed by atoms with Gasteiger partial charge in [-0.05, 0) is 27.7 Å². The van der Waals surface area contributed by atoms with E-state index in [9.17, 15) is 19.2 Å². The van der Waals surface area contributed by atoms with Crippen molar-refractivity contribution in [1.29, 1.82) is 0 Å². The molecule has 48 heavy (non-hydrogen) atoms. The topological polar surface area (TPSA) is 142 Å². The molecular weight excluding hydrogens is 624 g/mol. The molecule has 0 spiro atoms. The van der Waals surface area contributed by atoms with Gasteiger partial charge in [0.05, 0.1) is 0 Å². The fourth-order valence-corrected chi connectivity index (χ4v) is 6.32. The zero-order valence-electron chi connectivity index (χ0n) is 28.8. The van der Waals surface area contributed by atoms with Gasteiger partial charge in [0, 0.05) is 23.7 Å². The molecule has 12 heteroatoms. The van der Waals surface area contributed by atoms with Gasteiger partial charge in [-0.15, -0.1) is 0 Å². The Kier molecular flexibility index (Phi) is 11.3. The molecule has 16 atom stereocenters. The molecule has 0 saturated carbocycles. The Morgan fingerprint density at radius 1 is 0.333 bits per heavy atom. The molecule has 1 saturated heterocycles. The SMILES string of the molecule is C[C@@H]1OC(=O)[C@@H]2O[C@@H](C=C[C@@H]2C)[C@H](C)OC(=O)[C@@H]2O[C@@H](C=C[C@@H]2C)[C@H](C)OC(=O)[C@@H]2O[C@@H](C=C[C@@H]2C)[C@H](C)OC(=O)[C@@H]2O[C@H]1C=C[C@@H]2C. The highest BCUT2D eigenvalue weighted by Gasteiger charge is 2.43. The van der Waals surface area contributed by atoms with Crippen molar-refractivity contribution >= 4 is 23.9 Å². The van der Waals surface area contributed by atoms with E-state index in [1.54, 1.807) is 52.0 Å². The maximum Gasteiger partial charge on any atom is 0.336 e. The average Bonchev–Trinajstić information content (AvgIpc) is 3.04. The number of rotatable bonds is 0. The highest BCUT2D eigenvalue weighted by atomic mass is 16.6. The van der Waals surface area contributed by atoms with Crippen molar-refractivity contribution in [3.63, 3.8) is 0 Å². The molecule has 0 unspecified atom stereocenters. The Bertz CT molecular complexity index is 1140. The van der Waals surface area contributed by atoms with E-state index in [0.29, 0.717) is 0 Å². The third-order valence-electron chi connectivity index (χ3n) is 9.53. The molecule has 0 amide bonds. The first-order valence-electron chi connectivity index (χ1n) is 16.9. The predicted molar refractivity (Wildman–Crippen MR) is 170 cm³/mol. The largest absolute Gasteiger partial charge is 0.458 e. The van der Waals surface area contributed by atoms with Gasteiger partial charge in [0.2, 0.25) is 0 Å². The number of hydrogen-bond acceptors (Lipinski definition) is 12. The van der Waals surface area contributed by atoms with E-state index in [4.69, 9.17) is 37.9 Å². The minimum atomic E-state index is -0.968. The first-order chi connectivity index (χ1) is 22.7. The Hall–Kier alpha value is -3.32. The second-order valence-corrected chi connectivity index (χ2v) is 13.6. The summed E-state index contributed by atoms with van der Waals surface area (Å²) < 4.78 is 47.6. The van der Waals surface area contributed by atoms with E-state index in [-0.39, 0.29) is 23.7 Å². The van der Waals surface area contributed by atoms with Crippen molar-refractivity contribution in [2.45, 2.75) is 129 Å². The summed E-state index contributed by atoms with van der Waals surface area (Å²) in [5.41, 5.74) is 0. The minimum Gasteiger partial charge on any atom is -0.458 e. The lowest BCUT2D eigenvalue weighted by Gasteiger charge is -2.37. The van der Waals surface area contributed by atoms with Crippen LogP contribution < -0.4 is 0 Å². The third-order valence-corrected chi connectivity index (χ3v) is 9.53. The van der Waals surface area contributed by atoms with Crippen molar-refractivity contribution in [2.24, 2.45) is 23.7 Å². The molecule has 5 aliphatic heterocycles. The summed E-state index contributed by atoms with van der Waals surface area (Å²) in [6.45, 7) is 14.0. The molecule has 8 bridgehead atoms. The van der Waals surface area contributed by atoms with Crippen LogP contribution in [0.1, 0.15) is 55.4 Å².